The number of nitrogens with one attached hydrogen (secondary N) is 1. The lowest BCUT2D eigenvalue weighted by Gasteiger charge is -2.12. The van der Waals surface area contributed by atoms with Gasteiger partial charge in [-0.2, -0.15) is 0 Å². The minimum absolute atomic E-state index is 0.526. The molecule has 0 radical (unpaired) electrons. The first-order valence-electron chi connectivity index (χ1n) is 5.62. The highest BCUT2D eigenvalue weighted by molar-refractivity contribution is 9.10. The Balaban J connectivity index is 2.18. The van der Waals surface area contributed by atoms with Gasteiger partial charge in [-0.3, -0.25) is 0 Å². The van der Waals surface area contributed by atoms with Crippen molar-refractivity contribution in [3.8, 4) is 5.75 Å². The van der Waals surface area contributed by atoms with E-state index in [4.69, 9.17) is 27.9 Å². The molecule has 0 atom stereocenters. The molecular weight excluding hydrogens is 349 g/mol. The summed E-state index contributed by atoms with van der Waals surface area (Å²) in [6.45, 7) is 0.600. The number of ether oxygens (including phenoxy) is 1. The van der Waals surface area contributed by atoms with E-state index in [0.29, 0.717) is 16.6 Å². The molecule has 0 amide bonds. The summed E-state index contributed by atoms with van der Waals surface area (Å²) in [4.78, 5) is 0. The Hall–Kier alpha value is -0.900. The number of hydrogen-bond donors (Lipinski definition) is 1. The summed E-state index contributed by atoms with van der Waals surface area (Å²) in [6, 6.07) is 11.4. The van der Waals surface area contributed by atoms with Crippen molar-refractivity contribution in [1.82, 2.24) is 0 Å². The molecule has 0 aliphatic rings. The molecule has 0 aliphatic carbocycles. The Bertz CT molecular complexity index is 590. The van der Waals surface area contributed by atoms with Gasteiger partial charge in [0.25, 0.3) is 0 Å². The highest BCUT2D eigenvalue weighted by Gasteiger charge is 2.07. The van der Waals surface area contributed by atoms with Gasteiger partial charge >= 0.3 is 0 Å². The van der Waals surface area contributed by atoms with Crippen LogP contribution in [0.2, 0.25) is 10.0 Å². The Kier molecular flexibility index (Phi) is 4.97. The van der Waals surface area contributed by atoms with Gasteiger partial charge in [0.05, 0.1) is 22.8 Å². The van der Waals surface area contributed by atoms with Crippen LogP contribution in [0.3, 0.4) is 0 Å². The Morgan fingerprint density at radius 1 is 1.21 bits per heavy atom. The standard InChI is InChI=1S/C14H12BrCl2NO/c1-19-13-6-5-10(15)7-9(13)8-18-12-4-2-3-11(16)14(12)17/h2-7,18H,8H2,1H3. The molecule has 0 aromatic heterocycles. The SMILES string of the molecule is COc1ccc(Br)cc1CNc1cccc(Cl)c1Cl. The van der Waals surface area contributed by atoms with E-state index in [1.54, 1.807) is 13.2 Å². The summed E-state index contributed by atoms with van der Waals surface area (Å²) in [5.41, 5.74) is 1.84. The number of hydrogen-bond acceptors (Lipinski definition) is 2. The number of methoxy groups -OCH3 is 1. The lowest BCUT2D eigenvalue weighted by Crippen LogP contribution is -2.02. The third kappa shape index (κ3) is 3.56. The predicted molar refractivity (Wildman–Crippen MR) is 84.5 cm³/mol. The van der Waals surface area contributed by atoms with Gasteiger partial charge in [-0.1, -0.05) is 45.2 Å². The van der Waals surface area contributed by atoms with E-state index in [0.717, 1.165) is 21.5 Å². The molecule has 2 nitrogen and oxygen atoms in total. The Morgan fingerprint density at radius 3 is 2.74 bits per heavy atom. The third-order valence-corrected chi connectivity index (χ3v) is 3.98. The third-order valence-electron chi connectivity index (χ3n) is 2.66. The second-order valence-electron chi connectivity index (χ2n) is 3.91. The molecule has 2 aromatic rings. The lowest BCUT2D eigenvalue weighted by molar-refractivity contribution is 0.410. The molecule has 0 heterocycles. The fourth-order valence-electron chi connectivity index (χ4n) is 1.72. The number of halogens is 3. The first kappa shape index (κ1) is 14.5. The molecule has 2 rings (SSSR count). The molecule has 0 saturated carbocycles. The van der Waals surface area contributed by atoms with Gasteiger partial charge < -0.3 is 10.1 Å². The van der Waals surface area contributed by atoms with E-state index in [9.17, 15) is 0 Å². The molecule has 0 aliphatic heterocycles. The molecule has 100 valence electrons. The van der Waals surface area contributed by atoms with Crippen LogP contribution in [0.1, 0.15) is 5.56 Å². The number of anilines is 1. The zero-order chi connectivity index (χ0) is 13.8. The molecule has 19 heavy (non-hydrogen) atoms. The largest absolute Gasteiger partial charge is 0.496 e. The maximum Gasteiger partial charge on any atom is 0.123 e. The Morgan fingerprint density at radius 2 is 2.00 bits per heavy atom. The second kappa shape index (κ2) is 6.51. The fraction of sp³-hybridized carbons (Fsp3) is 0.143. The maximum absolute atomic E-state index is 6.13. The summed E-state index contributed by atoms with van der Waals surface area (Å²) >= 11 is 15.6. The highest BCUT2D eigenvalue weighted by atomic mass is 79.9. The van der Waals surface area contributed by atoms with E-state index < -0.39 is 0 Å². The molecule has 1 N–H and O–H groups in total. The molecule has 0 fully saturated rings. The average molecular weight is 361 g/mol. The normalized spacial score (nSPS) is 10.3. The first-order chi connectivity index (χ1) is 9.11. The van der Waals surface area contributed by atoms with Crippen molar-refractivity contribution in [2.45, 2.75) is 6.54 Å². The van der Waals surface area contributed by atoms with Crippen LogP contribution in [-0.4, -0.2) is 7.11 Å². The molecule has 0 saturated heterocycles. The van der Waals surface area contributed by atoms with Gasteiger partial charge in [0.15, 0.2) is 0 Å². The van der Waals surface area contributed by atoms with E-state index in [2.05, 4.69) is 21.2 Å². The molecule has 5 heteroatoms. The zero-order valence-corrected chi connectivity index (χ0v) is 13.3. The van der Waals surface area contributed by atoms with Crippen molar-refractivity contribution < 1.29 is 4.74 Å². The van der Waals surface area contributed by atoms with Crippen molar-refractivity contribution in [2.24, 2.45) is 0 Å². The average Bonchev–Trinajstić information content (AvgIpc) is 2.40. The molecule has 0 bridgehead atoms. The molecule has 0 spiro atoms. The summed E-state index contributed by atoms with van der Waals surface area (Å²) in [5.74, 6) is 0.828. The second-order valence-corrected chi connectivity index (χ2v) is 5.61. The van der Waals surface area contributed by atoms with Crippen LogP contribution in [-0.2, 0) is 6.54 Å². The van der Waals surface area contributed by atoms with E-state index in [1.807, 2.05) is 30.3 Å². The highest BCUT2D eigenvalue weighted by Crippen LogP contribution is 2.31. The van der Waals surface area contributed by atoms with Gasteiger partial charge in [0.2, 0.25) is 0 Å². The van der Waals surface area contributed by atoms with Crippen molar-refractivity contribution in [2.75, 3.05) is 12.4 Å². The fourth-order valence-corrected chi connectivity index (χ4v) is 2.49. The van der Waals surface area contributed by atoms with Crippen LogP contribution in [0, 0.1) is 0 Å². The smallest absolute Gasteiger partial charge is 0.123 e. The van der Waals surface area contributed by atoms with Gasteiger partial charge in [-0.05, 0) is 30.3 Å². The zero-order valence-electron chi connectivity index (χ0n) is 10.2. The van der Waals surface area contributed by atoms with Crippen LogP contribution in [0.4, 0.5) is 5.69 Å². The molecular formula is C14H12BrCl2NO. The van der Waals surface area contributed by atoms with Crippen molar-refractivity contribution in [3.05, 3.63) is 56.5 Å². The predicted octanol–water partition coefficient (Wildman–Crippen LogP) is 5.38. The molecule has 2 aromatic carbocycles. The quantitative estimate of drug-likeness (QED) is 0.790. The summed E-state index contributed by atoms with van der Waals surface area (Å²) in [7, 11) is 1.65. The van der Waals surface area contributed by atoms with E-state index in [-0.39, 0.29) is 0 Å². The van der Waals surface area contributed by atoms with Crippen molar-refractivity contribution >= 4 is 44.8 Å². The minimum atomic E-state index is 0.526. The summed E-state index contributed by atoms with van der Waals surface area (Å²) < 4.78 is 6.32. The van der Waals surface area contributed by atoms with Gasteiger partial charge in [-0.25, -0.2) is 0 Å². The topological polar surface area (TPSA) is 21.3 Å². The van der Waals surface area contributed by atoms with Crippen molar-refractivity contribution in [3.63, 3.8) is 0 Å². The van der Waals surface area contributed by atoms with Gasteiger partial charge in [0, 0.05) is 16.6 Å². The summed E-state index contributed by atoms with van der Waals surface area (Å²) in [6.07, 6.45) is 0. The molecule has 0 unspecified atom stereocenters. The van der Waals surface area contributed by atoms with Crippen LogP contribution >= 0.6 is 39.1 Å². The van der Waals surface area contributed by atoms with E-state index >= 15 is 0 Å². The monoisotopic (exact) mass is 359 g/mol. The van der Waals surface area contributed by atoms with Gasteiger partial charge in [-0.15, -0.1) is 0 Å². The van der Waals surface area contributed by atoms with Crippen molar-refractivity contribution in [1.29, 1.82) is 0 Å². The summed E-state index contributed by atoms with van der Waals surface area (Å²) in [5, 5.41) is 4.32. The van der Waals surface area contributed by atoms with Crippen LogP contribution in [0.5, 0.6) is 5.75 Å². The van der Waals surface area contributed by atoms with Crippen LogP contribution in [0.25, 0.3) is 0 Å². The Labute approximate surface area is 130 Å². The number of benzene rings is 2. The van der Waals surface area contributed by atoms with Crippen LogP contribution < -0.4 is 10.1 Å². The maximum atomic E-state index is 6.13. The van der Waals surface area contributed by atoms with E-state index in [1.165, 1.54) is 0 Å². The van der Waals surface area contributed by atoms with Crippen LogP contribution in [0.15, 0.2) is 40.9 Å². The minimum Gasteiger partial charge on any atom is -0.496 e. The van der Waals surface area contributed by atoms with Gasteiger partial charge in [0.1, 0.15) is 5.75 Å². The first-order valence-corrected chi connectivity index (χ1v) is 7.17. The number of rotatable bonds is 4. The lowest BCUT2D eigenvalue weighted by atomic mass is 10.2.